The van der Waals surface area contributed by atoms with Crippen LogP contribution in [0.1, 0.15) is 39.5 Å². The summed E-state index contributed by atoms with van der Waals surface area (Å²) < 4.78 is 1.51. The normalized spacial score (nSPS) is 16.8. The minimum atomic E-state index is -0.169. The highest BCUT2D eigenvalue weighted by Crippen LogP contribution is 2.27. The van der Waals surface area contributed by atoms with E-state index in [0.717, 1.165) is 0 Å². The lowest BCUT2D eigenvalue weighted by Crippen LogP contribution is -2.35. The quantitative estimate of drug-likeness (QED) is 0.811. The molecule has 1 heterocycles. The second kappa shape index (κ2) is 7.27. The number of aromatic nitrogens is 2. The number of hydrogen-bond donors (Lipinski definition) is 2. The van der Waals surface area contributed by atoms with Crippen LogP contribution in [0.25, 0.3) is 0 Å². The fourth-order valence-corrected chi connectivity index (χ4v) is 2.72. The Morgan fingerprint density at radius 2 is 2.24 bits per heavy atom. The maximum atomic E-state index is 12.5. The van der Waals surface area contributed by atoms with Crippen LogP contribution < -0.4 is 10.9 Å². The third kappa shape index (κ3) is 3.98. The Balaban J connectivity index is 2.20. The molecule has 6 heteroatoms. The van der Waals surface area contributed by atoms with Gasteiger partial charge in [-0.1, -0.05) is 31.9 Å². The van der Waals surface area contributed by atoms with E-state index in [1.54, 1.807) is 0 Å². The van der Waals surface area contributed by atoms with Crippen LogP contribution in [0.15, 0.2) is 11.0 Å². The number of aliphatic hydroxyl groups excluding tert-OH is 1. The first-order valence-corrected chi connectivity index (χ1v) is 8.03. The SMILES string of the molecule is CC(C)C(CCO)Nc1c(Cl)cnn(CC2CCC2)c1=O. The predicted molar refractivity (Wildman–Crippen MR) is 84.8 cm³/mol. The van der Waals surface area contributed by atoms with Gasteiger partial charge < -0.3 is 10.4 Å². The summed E-state index contributed by atoms with van der Waals surface area (Å²) in [6.07, 6.45) is 5.68. The number of nitrogens with zero attached hydrogens (tertiary/aromatic N) is 2. The number of rotatable bonds is 7. The zero-order valence-electron chi connectivity index (χ0n) is 12.7. The Morgan fingerprint density at radius 3 is 2.76 bits per heavy atom. The number of halogens is 1. The summed E-state index contributed by atoms with van der Waals surface area (Å²) in [5.74, 6) is 0.850. The van der Waals surface area contributed by atoms with Crippen LogP contribution in [0, 0.1) is 11.8 Å². The minimum absolute atomic E-state index is 0.0137. The molecule has 0 aliphatic heterocycles. The van der Waals surface area contributed by atoms with Crippen molar-refractivity contribution in [3.8, 4) is 0 Å². The van der Waals surface area contributed by atoms with Crippen LogP contribution in [0.5, 0.6) is 0 Å². The molecule has 118 valence electrons. The molecule has 0 radical (unpaired) electrons. The highest BCUT2D eigenvalue weighted by atomic mass is 35.5. The van der Waals surface area contributed by atoms with E-state index in [1.807, 2.05) is 0 Å². The number of nitrogens with one attached hydrogen (secondary N) is 1. The van der Waals surface area contributed by atoms with Crippen LogP contribution in [-0.4, -0.2) is 27.5 Å². The molecule has 0 aromatic carbocycles. The summed E-state index contributed by atoms with van der Waals surface area (Å²) >= 11 is 6.13. The Kier molecular flexibility index (Phi) is 5.65. The zero-order chi connectivity index (χ0) is 15.4. The molecule has 1 saturated carbocycles. The molecule has 1 aliphatic carbocycles. The molecule has 5 nitrogen and oxygen atoms in total. The topological polar surface area (TPSA) is 67.2 Å². The highest BCUT2D eigenvalue weighted by Gasteiger charge is 2.21. The van der Waals surface area contributed by atoms with Crippen molar-refractivity contribution in [2.24, 2.45) is 11.8 Å². The molecular formula is C15H24ClN3O2. The van der Waals surface area contributed by atoms with Crippen molar-refractivity contribution in [2.75, 3.05) is 11.9 Å². The average molecular weight is 314 g/mol. The number of aliphatic hydroxyl groups is 1. The monoisotopic (exact) mass is 313 g/mol. The fraction of sp³-hybridized carbons (Fsp3) is 0.733. The molecule has 0 amide bonds. The average Bonchev–Trinajstić information content (AvgIpc) is 2.39. The van der Waals surface area contributed by atoms with Crippen molar-refractivity contribution in [1.29, 1.82) is 0 Å². The second-order valence-electron chi connectivity index (χ2n) is 6.16. The van der Waals surface area contributed by atoms with E-state index < -0.39 is 0 Å². The van der Waals surface area contributed by atoms with E-state index in [-0.39, 0.29) is 18.2 Å². The van der Waals surface area contributed by atoms with E-state index in [1.165, 1.54) is 30.1 Å². The molecule has 1 aliphatic rings. The largest absolute Gasteiger partial charge is 0.396 e. The summed E-state index contributed by atoms with van der Waals surface area (Å²) in [4.78, 5) is 12.5. The molecule has 1 aromatic heterocycles. The van der Waals surface area contributed by atoms with E-state index in [4.69, 9.17) is 16.7 Å². The molecule has 1 fully saturated rings. The van der Waals surface area contributed by atoms with Gasteiger partial charge in [-0.3, -0.25) is 4.79 Å². The Hall–Kier alpha value is -1.07. The highest BCUT2D eigenvalue weighted by molar-refractivity contribution is 6.33. The maximum absolute atomic E-state index is 12.5. The predicted octanol–water partition coefficient (Wildman–Crippen LogP) is 2.52. The number of anilines is 1. The van der Waals surface area contributed by atoms with Crippen molar-refractivity contribution < 1.29 is 5.11 Å². The van der Waals surface area contributed by atoms with Gasteiger partial charge in [0.25, 0.3) is 5.56 Å². The lowest BCUT2D eigenvalue weighted by Gasteiger charge is -2.26. The Labute approximate surface area is 130 Å². The van der Waals surface area contributed by atoms with Crippen LogP contribution in [0.3, 0.4) is 0 Å². The lowest BCUT2D eigenvalue weighted by atomic mass is 9.85. The fourth-order valence-electron chi connectivity index (χ4n) is 2.55. The molecule has 0 saturated heterocycles. The molecule has 2 rings (SSSR count). The van der Waals surface area contributed by atoms with Gasteiger partial charge in [0.05, 0.1) is 11.2 Å². The summed E-state index contributed by atoms with van der Waals surface area (Å²) in [7, 11) is 0. The van der Waals surface area contributed by atoms with Gasteiger partial charge in [0.2, 0.25) is 0 Å². The Bertz CT molecular complexity index is 526. The smallest absolute Gasteiger partial charge is 0.291 e. The first kappa shape index (κ1) is 16.3. The summed E-state index contributed by atoms with van der Waals surface area (Å²) in [5, 5.41) is 16.8. The summed E-state index contributed by atoms with van der Waals surface area (Å²) in [5.41, 5.74) is 0.233. The minimum Gasteiger partial charge on any atom is -0.396 e. The van der Waals surface area contributed by atoms with Gasteiger partial charge in [0.15, 0.2) is 0 Å². The van der Waals surface area contributed by atoms with E-state index in [9.17, 15) is 4.79 Å². The standard InChI is InChI=1S/C15H24ClN3O2/c1-10(2)13(6-7-20)18-14-12(16)8-17-19(15(14)21)9-11-4-3-5-11/h8,10-11,13,18,20H,3-7,9H2,1-2H3. The first-order chi connectivity index (χ1) is 10.0. The molecule has 21 heavy (non-hydrogen) atoms. The van der Waals surface area contributed by atoms with Crippen molar-refractivity contribution in [1.82, 2.24) is 9.78 Å². The summed E-state index contributed by atoms with van der Waals surface area (Å²) in [6, 6.07) is 0.0137. The second-order valence-corrected chi connectivity index (χ2v) is 6.57. The van der Waals surface area contributed by atoms with Gasteiger partial charge in [-0.25, -0.2) is 4.68 Å². The van der Waals surface area contributed by atoms with Gasteiger partial charge in [0.1, 0.15) is 5.69 Å². The van der Waals surface area contributed by atoms with Gasteiger partial charge in [0, 0.05) is 19.2 Å². The maximum Gasteiger partial charge on any atom is 0.291 e. The van der Waals surface area contributed by atoms with Crippen LogP contribution in [0.4, 0.5) is 5.69 Å². The third-order valence-corrected chi connectivity index (χ3v) is 4.51. The molecule has 0 spiro atoms. The van der Waals surface area contributed by atoms with Crippen molar-refractivity contribution in [2.45, 2.75) is 52.1 Å². The van der Waals surface area contributed by atoms with Crippen molar-refractivity contribution >= 4 is 17.3 Å². The van der Waals surface area contributed by atoms with E-state index in [2.05, 4.69) is 24.3 Å². The van der Waals surface area contributed by atoms with Crippen LogP contribution in [-0.2, 0) is 6.54 Å². The molecule has 1 unspecified atom stereocenters. The molecule has 0 bridgehead atoms. The molecular weight excluding hydrogens is 290 g/mol. The van der Waals surface area contributed by atoms with Gasteiger partial charge >= 0.3 is 0 Å². The van der Waals surface area contributed by atoms with Crippen LogP contribution >= 0.6 is 11.6 Å². The van der Waals surface area contributed by atoms with E-state index >= 15 is 0 Å². The Morgan fingerprint density at radius 1 is 1.52 bits per heavy atom. The van der Waals surface area contributed by atoms with E-state index in [0.29, 0.717) is 35.5 Å². The van der Waals surface area contributed by atoms with Gasteiger partial charge in [-0.05, 0) is 31.1 Å². The summed E-state index contributed by atoms with van der Waals surface area (Å²) in [6.45, 7) is 4.84. The molecule has 2 N–H and O–H groups in total. The van der Waals surface area contributed by atoms with Gasteiger partial charge in [-0.15, -0.1) is 0 Å². The van der Waals surface area contributed by atoms with Crippen molar-refractivity contribution in [3.63, 3.8) is 0 Å². The van der Waals surface area contributed by atoms with Gasteiger partial charge in [-0.2, -0.15) is 5.10 Å². The first-order valence-electron chi connectivity index (χ1n) is 7.66. The number of hydrogen-bond acceptors (Lipinski definition) is 4. The lowest BCUT2D eigenvalue weighted by molar-refractivity contribution is 0.261. The van der Waals surface area contributed by atoms with Crippen molar-refractivity contribution in [3.05, 3.63) is 21.6 Å². The molecule has 1 atom stereocenters. The van der Waals surface area contributed by atoms with Crippen LogP contribution in [0.2, 0.25) is 5.02 Å². The third-order valence-electron chi connectivity index (χ3n) is 4.23. The molecule has 1 aromatic rings. The zero-order valence-corrected chi connectivity index (χ0v) is 13.4.